The Morgan fingerprint density at radius 3 is 2.40 bits per heavy atom. The van der Waals surface area contributed by atoms with Crippen molar-refractivity contribution in [1.29, 1.82) is 0 Å². The van der Waals surface area contributed by atoms with E-state index < -0.39 is 0 Å². The van der Waals surface area contributed by atoms with Gasteiger partial charge >= 0.3 is 0 Å². The highest BCUT2D eigenvalue weighted by atomic mass is 32.2. The molecule has 2 unspecified atom stereocenters. The quantitative estimate of drug-likeness (QED) is 0.680. The van der Waals surface area contributed by atoms with Crippen molar-refractivity contribution in [2.45, 2.75) is 65.0 Å². The second-order valence-electron chi connectivity index (χ2n) is 6.22. The van der Waals surface area contributed by atoms with Crippen LogP contribution in [0.5, 0.6) is 0 Å². The zero-order valence-corrected chi connectivity index (χ0v) is 13.8. The molecule has 1 aliphatic rings. The lowest BCUT2D eigenvalue weighted by Crippen LogP contribution is -2.08. The minimum absolute atomic E-state index is 0.00174. The summed E-state index contributed by atoms with van der Waals surface area (Å²) in [7, 11) is 0. The fourth-order valence-corrected chi connectivity index (χ4v) is 3.59. The van der Waals surface area contributed by atoms with E-state index in [9.17, 15) is 14.7 Å². The van der Waals surface area contributed by atoms with Crippen LogP contribution in [0, 0.1) is 11.8 Å². The third kappa shape index (κ3) is 4.97. The number of thioether (sulfide) groups is 1. The van der Waals surface area contributed by atoms with Gasteiger partial charge in [-0.2, -0.15) is 0 Å². The highest BCUT2D eigenvalue weighted by Crippen LogP contribution is 2.36. The van der Waals surface area contributed by atoms with Crippen molar-refractivity contribution in [2.75, 3.05) is 0 Å². The first kappa shape index (κ1) is 17.3. The fourth-order valence-electron chi connectivity index (χ4n) is 2.48. The Hall–Kier alpha value is -0.770. The predicted octanol–water partition coefficient (Wildman–Crippen LogP) is 4.27. The van der Waals surface area contributed by atoms with Crippen LogP contribution in [0.2, 0.25) is 0 Å². The van der Waals surface area contributed by atoms with Gasteiger partial charge in [0.2, 0.25) is 5.12 Å². The molecule has 4 heteroatoms. The largest absolute Gasteiger partial charge is 0.510 e. The predicted molar refractivity (Wildman–Crippen MR) is 83.8 cm³/mol. The molecule has 0 radical (unpaired) electrons. The molecule has 0 bridgehead atoms. The Morgan fingerprint density at radius 2 is 1.90 bits per heavy atom. The van der Waals surface area contributed by atoms with Gasteiger partial charge in [-0.25, -0.2) is 0 Å². The van der Waals surface area contributed by atoms with Gasteiger partial charge in [0.1, 0.15) is 11.3 Å². The SMILES string of the molecule is CC(=O)C1=C(O)C(CCC(C)CCCC(C)C)SC1=O. The van der Waals surface area contributed by atoms with E-state index in [-0.39, 0.29) is 27.5 Å². The standard InChI is InChI=1S/C16H26O3S/c1-10(2)6-5-7-11(3)8-9-13-15(18)14(12(4)17)16(19)20-13/h10-11,13,18H,5-9H2,1-4H3. The van der Waals surface area contributed by atoms with Crippen LogP contribution >= 0.6 is 11.8 Å². The van der Waals surface area contributed by atoms with E-state index in [0.717, 1.165) is 30.5 Å². The summed E-state index contributed by atoms with van der Waals surface area (Å²) < 4.78 is 0. The van der Waals surface area contributed by atoms with Gasteiger partial charge in [-0.3, -0.25) is 9.59 Å². The molecule has 1 rings (SSSR count). The van der Waals surface area contributed by atoms with Gasteiger partial charge in [0.15, 0.2) is 5.78 Å². The molecule has 20 heavy (non-hydrogen) atoms. The molecule has 0 fully saturated rings. The van der Waals surface area contributed by atoms with E-state index in [4.69, 9.17) is 0 Å². The molecule has 0 aromatic heterocycles. The first-order valence-electron chi connectivity index (χ1n) is 7.48. The summed E-state index contributed by atoms with van der Waals surface area (Å²) >= 11 is 1.10. The van der Waals surface area contributed by atoms with Gasteiger partial charge in [-0.15, -0.1) is 0 Å². The van der Waals surface area contributed by atoms with Gasteiger partial charge < -0.3 is 5.11 Å². The zero-order valence-electron chi connectivity index (χ0n) is 12.9. The Labute approximate surface area is 126 Å². The average molecular weight is 298 g/mol. The molecular weight excluding hydrogens is 272 g/mol. The van der Waals surface area contributed by atoms with Crippen molar-refractivity contribution in [1.82, 2.24) is 0 Å². The normalized spacial score (nSPS) is 20.9. The highest BCUT2D eigenvalue weighted by Gasteiger charge is 2.35. The van der Waals surface area contributed by atoms with E-state index in [1.165, 1.54) is 26.2 Å². The van der Waals surface area contributed by atoms with Crippen LogP contribution in [0.3, 0.4) is 0 Å². The number of Topliss-reactive ketones (excluding diaryl/α,β-unsaturated/α-hetero) is 1. The Kier molecular flexibility index (Phi) is 6.80. The lowest BCUT2D eigenvalue weighted by Gasteiger charge is -2.14. The van der Waals surface area contributed by atoms with Crippen LogP contribution < -0.4 is 0 Å². The van der Waals surface area contributed by atoms with Gasteiger partial charge in [-0.05, 0) is 31.6 Å². The summed E-state index contributed by atoms with van der Waals surface area (Å²) in [5.41, 5.74) is 0.00691. The lowest BCUT2D eigenvalue weighted by atomic mass is 9.95. The van der Waals surface area contributed by atoms with Crippen LogP contribution in [0.1, 0.15) is 59.8 Å². The van der Waals surface area contributed by atoms with E-state index in [2.05, 4.69) is 20.8 Å². The van der Waals surface area contributed by atoms with Crippen LogP contribution in [0.4, 0.5) is 0 Å². The summed E-state index contributed by atoms with van der Waals surface area (Å²) in [6.45, 7) is 8.02. The lowest BCUT2D eigenvalue weighted by molar-refractivity contribution is -0.116. The van der Waals surface area contributed by atoms with Crippen molar-refractivity contribution in [2.24, 2.45) is 11.8 Å². The summed E-state index contributed by atoms with van der Waals surface area (Å²) in [6, 6.07) is 0. The van der Waals surface area contributed by atoms with E-state index >= 15 is 0 Å². The Bertz CT molecular complexity index is 399. The Morgan fingerprint density at radius 1 is 1.25 bits per heavy atom. The summed E-state index contributed by atoms with van der Waals surface area (Å²) in [4.78, 5) is 23.0. The van der Waals surface area contributed by atoms with E-state index in [1.807, 2.05) is 0 Å². The molecule has 0 saturated heterocycles. The maximum atomic E-state index is 11.7. The zero-order chi connectivity index (χ0) is 15.3. The first-order chi connectivity index (χ1) is 9.32. The summed E-state index contributed by atoms with van der Waals surface area (Å²) in [5.74, 6) is 1.02. The van der Waals surface area contributed by atoms with Crippen LogP contribution in [0.15, 0.2) is 11.3 Å². The van der Waals surface area contributed by atoms with Crippen molar-refractivity contribution in [3.05, 3.63) is 11.3 Å². The van der Waals surface area contributed by atoms with Crippen LogP contribution in [-0.2, 0) is 9.59 Å². The number of carbonyl (C=O) groups is 2. The number of ketones is 1. The van der Waals surface area contributed by atoms with E-state index in [1.54, 1.807) is 0 Å². The molecule has 0 spiro atoms. The molecule has 2 atom stereocenters. The highest BCUT2D eigenvalue weighted by molar-refractivity contribution is 8.15. The van der Waals surface area contributed by atoms with Crippen molar-refractivity contribution >= 4 is 22.7 Å². The third-order valence-electron chi connectivity index (χ3n) is 3.77. The van der Waals surface area contributed by atoms with Gasteiger partial charge in [0.05, 0.1) is 5.25 Å². The topological polar surface area (TPSA) is 54.4 Å². The number of rotatable bonds is 8. The van der Waals surface area contributed by atoms with Crippen molar-refractivity contribution < 1.29 is 14.7 Å². The molecule has 0 amide bonds. The number of aliphatic hydroxyl groups excluding tert-OH is 1. The van der Waals surface area contributed by atoms with Crippen LogP contribution in [0.25, 0.3) is 0 Å². The molecule has 1 aliphatic heterocycles. The average Bonchev–Trinajstić information content (AvgIpc) is 2.61. The minimum atomic E-state index is -0.326. The molecule has 1 heterocycles. The minimum Gasteiger partial charge on any atom is -0.510 e. The second kappa shape index (κ2) is 7.87. The number of hydrogen-bond acceptors (Lipinski definition) is 4. The summed E-state index contributed by atoms with van der Waals surface area (Å²) in [6.07, 6.45) is 5.42. The summed E-state index contributed by atoms with van der Waals surface area (Å²) in [5, 5.41) is 9.48. The molecule has 0 aliphatic carbocycles. The molecule has 1 N–H and O–H groups in total. The van der Waals surface area contributed by atoms with E-state index in [0.29, 0.717) is 5.92 Å². The first-order valence-corrected chi connectivity index (χ1v) is 8.36. The second-order valence-corrected chi connectivity index (χ2v) is 7.39. The van der Waals surface area contributed by atoms with Crippen molar-refractivity contribution in [3.8, 4) is 0 Å². The van der Waals surface area contributed by atoms with Gasteiger partial charge in [0, 0.05) is 0 Å². The number of aliphatic hydroxyl groups is 1. The molecule has 3 nitrogen and oxygen atoms in total. The number of carbonyl (C=O) groups excluding carboxylic acids is 2. The molecule has 0 aromatic rings. The monoisotopic (exact) mass is 298 g/mol. The molecular formula is C16H26O3S. The van der Waals surface area contributed by atoms with Gasteiger partial charge in [-0.1, -0.05) is 51.8 Å². The number of hydrogen-bond donors (Lipinski definition) is 1. The third-order valence-corrected chi connectivity index (χ3v) is 4.93. The Balaban J connectivity index is 2.39. The van der Waals surface area contributed by atoms with Crippen LogP contribution in [-0.4, -0.2) is 21.3 Å². The van der Waals surface area contributed by atoms with Gasteiger partial charge in [0.25, 0.3) is 0 Å². The maximum absolute atomic E-state index is 11.7. The smallest absolute Gasteiger partial charge is 0.227 e. The molecule has 0 aromatic carbocycles. The van der Waals surface area contributed by atoms with Crippen molar-refractivity contribution in [3.63, 3.8) is 0 Å². The fraction of sp³-hybridized carbons (Fsp3) is 0.750. The molecule has 114 valence electrons. The molecule has 0 saturated carbocycles. The maximum Gasteiger partial charge on any atom is 0.227 e.